The van der Waals surface area contributed by atoms with E-state index in [1.54, 1.807) is 23.1 Å². The molecule has 0 radical (unpaired) electrons. The molecule has 2 aliphatic carbocycles. The molecule has 37 heavy (non-hydrogen) atoms. The van der Waals surface area contributed by atoms with Crippen LogP contribution in [0.4, 0.5) is 0 Å². The molecule has 4 N–H and O–H groups in total. The number of nitrogens with zero attached hydrogens (tertiary/aromatic N) is 1. The van der Waals surface area contributed by atoms with Crippen molar-refractivity contribution < 1.29 is 39.1 Å². The van der Waals surface area contributed by atoms with Crippen LogP contribution < -0.4 is 14.8 Å². The van der Waals surface area contributed by atoms with E-state index in [1.807, 2.05) is 13.8 Å². The number of carbonyl (C=O) groups excluding carboxylic acids is 2. The molecule has 10 nitrogen and oxygen atoms in total. The van der Waals surface area contributed by atoms with Crippen LogP contribution in [0.1, 0.15) is 50.2 Å². The van der Waals surface area contributed by atoms with Gasteiger partial charge in [-0.1, -0.05) is 0 Å². The van der Waals surface area contributed by atoms with Gasteiger partial charge in [0.25, 0.3) is 0 Å². The highest BCUT2D eigenvalue weighted by Crippen LogP contribution is 2.51. The maximum Gasteiger partial charge on any atom is 0.247 e. The molecular weight excluding hydrogens is 480 g/mol. The topological polar surface area (TPSA) is 138 Å². The fourth-order valence-electron chi connectivity index (χ4n) is 5.14. The number of rotatable bonds is 12. The lowest BCUT2D eigenvalue weighted by Crippen LogP contribution is -2.56. The van der Waals surface area contributed by atoms with E-state index in [9.17, 15) is 24.9 Å². The molecule has 10 heteroatoms. The molecule has 0 unspecified atom stereocenters. The molecule has 0 bridgehead atoms. The first kappa shape index (κ1) is 27.4. The predicted octanol–water partition coefficient (Wildman–Crippen LogP) is 0.864. The Kier molecular flexibility index (Phi) is 8.74. The summed E-state index contributed by atoms with van der Waals surface area (Å²) in [6, 6.07) is 2.63. The summed E-state index contributed by atoms with van der Waals surface area (Å²) in [5, 5.41) is 33.3. The monoisotopic (exact) mass is 518 g/mol. The molecule has 0 aromatic heterocycles. The highest BCUT2D eigenvalue weighted by Gasteiger charge is 2.52. The number of ether oxygens (including phenoxy) is 3. The normalized spacial score (nSPS) is 24.1. The van der Waals surface area contributed by atoms with Crippen molar-refractivity contribution in [1.82, 2.24) is 10.2 Å². The van der Waals surface area contributed by atoms with Crippen LogP contribution >= 0.6 is 0 Å². The number of amides is 2. The second-order valence-electron chi connectivity index (χ2n) is 10.1. The maximum atomic E-state index is 13.3. The first-order valence-corrected chi connectivity index (χ1v) is 13.0. The van der Waals surface area contributed by atoms with Crippen LogP contribution in [0.2, 0.25) is 0 Å². The second-order valence-corrected chi connectivity index (χ2v) is 10.1. The van der Waals surface area contributed by atoms with Crippen LogP contribution in [0.25, 0.3) is 0 Å². The number of benzene rings is 1. The molecule has 3 aliphatic rings. The lowest BCUT2D eigenvalue weighted by Gasteiger charge is -2.41. The largest absolute Gasteiger partial charge is 0.493 e. The van der Waals surface area contributed by atoms with E-state index in [1.165, 1.54) is 7.11 Å². The van der Waals surface area contributed by atoms with Crippen LogP contribution in [-0.4, -0.2) is 89.8 Å². The Morgan fingerprint density at radius 1 is 1.24 bits per heavy atom. The first-order chi connectivity index (χ1) is 17.8. The molecular formula is C27H38N2O8. The molecule has 0 spiro atoms. The standard InChI is InChI=1S/C27H38N2O8/c1-15(2)36-10-4-8-29(27(34)17-5-6-17)20-13-19(26(33)28-7-9-30)22-18-11-16(14-31)12-21(35-3)24(18)37-25(22)23(20)32/h11-13,15,17,20,22-23,25,30-32H,4-10,14H2,1-3H3,(H,28,33)/t20-,22+,23+,25+/m1/s1. The summed E-state index contributed by atoms with van der Waals surface area (Å²) < 4.78 is 17.4. The smallest absolute Gasteiger partial charge is 0.247 e. The number of aliphatic hydroxyl groups excluding tert-OH is 3. The van der Waals surface area contributed by atoms with E-state index >= 15 is 0 Å². The summed E-state index contributed by atoms with van der Waals surface area (Å²) in [6.07, 6.45) is 1.99. The number of nitrogens with one attached hydrogen (secondary N) is 1. The number of hydrogen-bond acceptors (Lipinski definition) is 8. The summed E-state index contributed by atoms with van der Waals surface area (Å²) in [5.41, 5.74) is 1.56. The number of carbonyl (C=O) groups is 2. The van der Waals surface area contributed by atoms with Crippen LogP contribution in [-0.2, 0) is 20.9 Å². The molecule has 1 aliphatic heterocycles. The van der Waals surface area contributed by atoms with Gasteiger partial charge in [-0.3, -0.25) is 9.59 Å². The number of fused-ring (bicyclic) bond motifs is 3. The fourth-order valence-corrected chi connectivity index (χ4v) is 5.14. The summed E-state index contributed by atoms with van der Waals surface area (Å²) in [6.45, 7) is 4.34. The summed E-state index contributed by atoms with van der Waals surface area (Å²) in [7, 11) is 1.49. The Hall–Kier alpha value is -2.66. The molecule has 1 fully saturated rings. The summed E-state index contributed by atoms with van der Waals surface area (Å²) >= 11 is 0. The molecule has 2 amide bonds. The van der Waals surface area contributed by atoms with Crippen molar-refractivity contribution in [2.24, 2.45) is 5.92 Å². The van der Waals surface area contributed by atoms with Gasteiger partial charge in [0.1, 0.15) is 12.2 Å². The molecule has 1 heterocycles. The van der Waals surface area contributed by atoms with Crippen molar-refractivity contribution in [3.8, 4) is 11.5 Å². The van der Waals surface area contributed by atoms with Crippen molar-refractivity contribution in [2.75, 3.05) is 33.4 Å². The average Bonchev–Trinajstić information content (AvgIpc) is 3.67. The average molecular weight is 519 g/mol. The molecule has 4 rings (SSSR count). The lowest BCUT2D eigenvalue weighted by atomic mass is 9.77. The van der Waals surface area contributed by atoms with Gasteiger partial charge < -0.3 is 39.7 Å². The van der Waals surface area contributed by atoms with Gasteiger partial charge in [-0.05, 0) is 56.9 Å². The van der Waals surface area contributed by atoms with E-state index in [2.05, 4.69) is 5.32 Å². The molecule has 1 aromatic carbocycles. The molecule has 204 valence electrons. The van der Waals surface area contributed by atoms with E-state index < -0.39 is 30.1 Å². The molecule has 1 aromatic rings. The molecule has 1 saturated carbocycles. The lowest BCUT2D eigenvalue weighted by molar-refractivity contribution is -0.138. The van der Waals surface area contributed by atoms with E-state index in [-0.39, 0.29) is 37.7 Å². The Morgan fingerprint density at radius 2 is 2.00 bits per heavy atom. The van der Waals surface area contributed by atoms with Crippen molar-refractivity contribution in [3.63, 3.8) is 0 Å². The SMILES string of the molecule is COc1cc(CO)cc2c1O[C@@H]1[C@@H](O)[C@H](N(CCCOC(C)C)C(=O)C3CC3)C=C(C(=O)NCCO)[C@H]21. The van der Waals surface area contributed by atoms with Gasteiger partial charge in [0.05, 0.1) is 38.4 Å². The van der Waals surface area contributed by atoms with E-state index in [0.29, 0.717) is 47.8 Å². The predicted molar refractivity (Wildman–Crippen MR) is 134 cm³/mol. The third kappa shape index (κ3) is 5.77. The van der Waals surface area contributed by atoms with Crippen molar-refractivity contribution in [1.29, 1.82) is 0 Å². The number of hydrogen-bond donors (Lipinski definition) is 4. The number of aliphatic hydroxyl groups is 3. The van der Waals surface area contributed by atoms with Crippen LogP contribution in [0, 0.1) is 5.92 Å². The van der Waals surface area contributed by atoms with Gasteiger partial charge in [0.2, 0.25) is 11.8 Å². The van der Waals surface area contributed by atoms with Crippen molar-refractivity contribution in [2.45, 2.75) is 70.0 Å². The van der Waals surface area contributed by atoms with Crippen LogP contribution in [0.5, 0.6) is 11.5 Å². The quantitative estimate of drug-likeness (QED) is 0.299. The third-order valence-corrected chi connectivity index (χ3v) is 7.06. The molecule has 4 atom stereocenters. The van der Waals surface area contributed by atoms with Crippen molar-refractivity contribution >= 4 is 11.8 Å². The van der Waals surface area contributed by atoms with Gasteiger partial charge in [-0.25, -0.2) is 0 Å². The highest BCUT2D eigenvalue weighted by atomic mass is 16.5. The minimum absolute atomic E-state index is 0.0472. The minimum atomic E-state index is -1.11. The Bertz CT molecular complexity index is 1020. The Labute approximate surface area is 217 Å². The number of methoxy groups -OCH3 is 1. The van der Waals surface area contributed by atoms with Gasteiger partial charge in [0.15, 0.2) is 11.5 Å². The third-order valence-electron chi connectivity index (χ3n) is 7.06. The Balaban J connectivity index is 1.72. The van der Waals surface area contributed by atoms with Gasteiger partial charge in [-0.15, -0.1) is 0 Å². The minimum Gasteiger partial charge on any atom is -0.493 e. The highest BCUT2D eigenvalue weighted by molar-refractivity contribution is 5.96. The zero-order valence-corrected chi connectivity index (χ0v) is 21.7. The summed E-state index contributed by atoms with van der Waals surface area (Å²) in [5.74, 6) is -0.374. The van der Waals surface area contributed by atoms with E-state index in [0.717, 1.165) is 12.8 Å². The van der Waals surface area contributed by atoms with E-state index in [4.69, 9.17) is 14.2 Å². The Morgan fingerprint density at radius 3 is 2.62 bits per heavy atom. The van der Waals surface area contributed by atoms with Crippen molar-refractivity contribution in [3.05, 3.63) is 34.9 Å². The second kappa shape index (κ2) is 11.8. The summed E-state index contributed by atoms with van der Waals surface area (Å²) in [4.78, 5) is 28.3. The maximum absolute atomic E-state index is 13.3. The zero-order valence-electron chi connectivity index (χ0n) is 21.7. The van der Waals surface area contributed by atoms with Crippen LogP contribution in [0.3, 0.4) is 0 Å². The van der Waals surface area contributed by atoms with Gasteiger partial charge in [-0.2, -0.15) is 0 Å². The first-order valence-electron chi connectivity index (χ1n) is 13.0. The van der Waals surface area contributed by atoms with Crippen LogP contribution in [0.15, 0.2) is 23.8 Å². The fraction of sp³-hybridized carbons (Fsp3) is 0.630. The molecule has 0 saturated heterocycles. The van der Waals surface area contributed by atoms with Gasteiger partial charge >= 0.3 is 0 Å². The zero-order chi connectivity index (χ0) is 26.7. The van der Waals surface area contributed by atoms with Gasteiger partial charge in [0, 0.05) is 36.8 Å².